The molecule has 2 aromatic carbocycles. The van der Waals surface area contributed by atoms with Crippen LogP contribution in [0.25, 0.3) is 0 Å². The fraction of sp³-hybridized carbons (Fsp3) is 0.381. The molecule has 132 valence electrons. The molecule has 0 N–H and O–H groups in total. The average molecular weight is 340 g/mol. The van der Waals surface area contributed by atoms with Crippen molar-refractivity contribution in [2.24, 2.45) is 0 Å². The normalized spacial score (nSPS) is 13.4. The second kappa shape index (κ2) is 6.79. The van der Waals surface area contributed by atoms with Gasteiger partial charge in [0.15, 0.2) is 11.5 Å². The van der Waals surface area contributed by atoms with Gasteiger partial charge in [0.25, 0.3) is 0 Å². The van der Waals surface area contributed by atoms with E-state index in [-0.39, 0.29) is 17.8 Å². The Bertz CT molecular complexity index is 787. The fourth-order valence-electron chi connectivity index (χ4n) is 2.75. The SMILES string of the molecule is Cc1cc(C(C)(C)C)ccc1OC(=O)Cc1ccc2c(c1)OCCO2. The van der Waals surface area contributed by atoms with E-state index in [1.54, 1.807) is 0 Å². The molecule has 25 heavy (non-hydrogen) atoms. The van der Waals surface area contributed by atoms with Crippen LogP contribution in [0.4, 0.5) is 0 Å². The van der Waals surface area contributed by atoms with Gasteiger partial charge in [-0.1, -0.05) is 39.0 Å². The zero-order chi connectivity index (χ0) is 18.0. The number of hydrogen-bond acceptors (Lipinski definition) is 4. The molecule has 0 amide bonds. The molecule has 0 radical (unpaired) electrons. The van der Waals surface area contributed by atoms with Crippen molar-refractivity contribution in [1.82, 2.24) is 0 Å². The second-order valence-corrected chi connectivity index (χ2v) is 7.36. The van der Waals surface area contributed by atoms with Crippen LogP contribution in [0.3, 0.4) is 0 Å². The molecule has 0 spiro atoms. The van der Waals surface area contributed by atoms with E-state index in [9.17, 15) is 4.79 Å². The summed E-state index contributed by atoms with van der Waals surface area (Å²) in [6.07, 6.45) is 0.192. The minimum Gasteiger partial charge on any atom is -0.486 e. The van der Waals surface area contributed by atoms with E-state index in [4.69, 9.17) is 14.2 Å². The van der Waals surface area contributed by atoms with Crippen LogP contribution in [0.1, 0.15) is 37.5 Å². The van der Waals surface area contributed by atoms with Crippen molar-refractivity contribution in [3.8, 4) is 17.2 Å². The van der Waals surface area contributed by atoms with Gasteiger partial charge in [0.05, 0.1) is 6.42 Å². The van der Waals surface area contributed by atoms with Gasteiger partial charge < -0.3 is 14.2 Å². The predicted molar refractivity (Wildman–Crippen MR) is 96.7 cm³/mol. The smallest absolute Gasteiger partial charge is 0.315 e. The summed E-state index contributed by atoms with van der Waals surface area (Å²) in [5.74, 6) is 1.72. The van der Waals surface area contributed by atoms with Crippen LogP contribution in [0.5, 0.6) is 17.2 Å². The van der Waals surface area contributed by atoms with Gasteiger partial charge in [-0.3, -0.25) is 4.79 Å². The highest BCUT2D eigenvalue weighted by molar-refractivity contribution is 5.76. The van der Waals surface area contributed by atoms with E-state index < -0.39 is 0 Å². The Morgan fingerprint density at radius 3 is 2.44 bits per heavy atom. The standard InChI is InChI=1S/C21H24O4/c1-14-11-16(21(2,3)4)6-8-17(14)25-20(22)13-15-5-7-18-19(12-15)24-10-9-23-18/h5-8,11-12H,9-10,13H2,1-4H3. The average Bonchev–Trinajstić information content (AvgIpc) is 2.55. The van der Waals surface area contributed by atoms with Gasteiger partial charge in [0, 0.05) is 0 Å². The molecule has 0 saturated carbocycles. The van der Waals surface area contributed by atoms with Crippen LogP contribution in [0, 0.1) is 6.92 Å². The van der Waals surface area contributed by atoms with Crippen LogP contribution in [0.15, 0.2) is 36.4 Å². The minimum absolute atomic E-state index is 0.0680. The quantitative estimate of drug-likeness (QED) is 0.620. The molecule has 0 unspecified atom stereocenters. The highest BCUT2D eigenvalue weighted by Gasteiger charge is 2.17. The van der Waals surface area contributed by atoms with Gasteiger partial charge in [-0.25, -0.2) is 0 Å². The van der Waals surface area contributed by atoms with E-state index in [0.717, 1.165) is 16.9 Å². The molecular weight excluding hydrogens is 316 g/mol. The topological polar surface area (TPSA) is 44.8 Å². The number of hydrogen-bond donors (Lipinski definition) is 0. The van der Waals surface area contributed by atoms with Gasteiger partial charge >= 0.3 is 5.97 Å². The zero-order valence-corrected chi connectivity index (χ0v) is 15.2. The van der Waals surface area contributed by atoms with Crippen LogP contribution in [-0.2, 0) is 16.6 Å². The van der Waals surface area contributed by atoms with Crippen LogP contribution < -0.4 is 14.2 Å². The fourth-order valence-corrected chi connectivity index (χ4v) is 2.75. The van der Waals surface area contributed by atoms with E-state index in [2.05, 4.69) is 26.8 Å². The van der Waals surface area contributed by atoms with Crippen molar-refractivity contribution >= 4 is 5.97 Å². The molecule has 1 aliphatic rings. The maximum atomic E-state index is 12.3. The number of rotatable bonds is 3. The summed E-state index contributed by atoms with van der Waals surface area (Å²) in [6.45, 7) is 9.53. The molecule has 1 aliphatic heterocycles. The summed E-state index contributed by atoms with van der Waals surface area (Å²) < 4.78 is 16.6. The van der Waals surface area contributed by atoms with Crippen molar-refractivity contribution in [2.45, 2.75) is 39.5 Å². The van der Waals surface area contributed by atoms with Crippen molar-refractivity contribution < 1.29 is 19.0 Å². The summed E-state index contributed by atoms with van der Waals surface area (Å²) in [7, 11) is 0. The molecule has 0 aliphatic carbocycles. The second-order valence-electron chi connectivity index (χ2n) is 7.36. The first-order chi connectivity index (χ1) is 11.8. The summed E-state index contributed by atoms with van der Waals surface area (Å²) >= 11 is 0. The molecule has 0 aromatic heterocycles. The third kappa shape index (κ3) is 4.13. The lowest BCUT2D eigenvalue weighted by Crippen LogP contribution is -2.16. The number of ether oxygens (including phenoxy) is 3. The Labute approximate surface area is 148 Å². The Kier molecular flexibility index (Phi) is 4.71. The molecule has 3 rings (SSSR count). The molecule has 1 heterocycles. The van der Waals surface area contributed by atoms with Crippen molar-refractivity contribution in [3.63, 3.8) is 0 Å². The largest absolute Gasteiger partial charge is 0.486 e. The first-order valence-electron chi connectivity index (χ1n) is 8.53. The van der Waals surface area contributed by atoms with Gasteiger partial charge in [-0.05, 0) is 47.2 Å². The summed E-state index contributed by atoms with van der Waals surface area (Å²) in [4.78, 5) is 12.3. The summed E-state index contributed by atoms with van der Waals surface area (Å²) in [6, 6.07) is 11.5. The third-order valence-electron chi connectivity index (χ3n) is 4.22. The number of fused-ring (bicyclic) bond motifs is 1. The van der Waals surface area contributed by atoms with Gasteiger partial charge in [0.2, 0.25) is 0 Å². The summed E-state index contributed by atoms with van der Waals surface area (Å²) in [5, 5.41) is 0. The Balaban J connectivity index is 1.68. The number of carbonyl (C=O) groups is 1. The van der Waals surface area contributed by atoms with Crippen LogP contribution in [0.2, 0.25) is 0 Å². The lowest BCUT2D eigenvalue weighted by molar-refractivity contribution is -0.133. The lowest BCUT2D eigenvalue weighted by Gasteiger charge is -2.20. The molecule has 2 aromatic rings. The van der Waals surface area contributed by atoms with E-state index in [1.165, 1.54) is 5.56 Å². The molecule has 0 saturated heterocycles. The number of carbonyl (C=O) groups excluding carboxylic acids is 1. The number of benzene rings is 2. The van der Waals surface area contributed by atoms with Crippen LogP contribution >= 0.6 is 0 Å². The summed E-state index contributed by atoms with van der Waals surface area (Å²) in [5.41, 5.74) is 3.09. The highest BCUT2D eigenvalue weighted by atomic mass is 16.6. The zero-order valence-electron chi connectivity index (χ0n) is 15.2. The first kappa shape index (κ1) is 17.3. The molecule has 0 bridgehead atoms. The van der Waals surface area contributed by atoms with E-state index in [0.29, 0.717) is 24.7 Å². The van der Waals surface area contributed by atoms with Crippen molar-refractivity contribution in [1.29, 1.82) is 0 Å². The molecular formula is C21H24O4. The van der Waals surface area contributed by atoms with Gasteiger partial charge in [-0.15, -0.1) is 0 Å². The minimum atomic E-state index is -0.289. The molecule has 4 heteroatoms. The van der Waals surface area contributed by atoms with Crippen LogP contribution in [-0.4, -0.2) is 19.2 Å². The first-order valence-corrected chi connectivity index (χ1v) is 8.53. The molecule has 4 nitrogen and oxygen atoms in total. The Morgan fingerprint density at radius 2 is 1.76 bits per heavy atom. The Morgan fingerprint density at radius 1 is 1.04 bits per heavy atom. The monoisotopic (exact) mass is 340 g/mol. The third-order valence-corrected chi connectivity index (χ3v) is 4.22. The van der Waals surface area contributed by atoms with Gasteiger partial charge in [0.1, 0.15) is 19.0 Å². The molecule has 0 fully saturated rings. The molecule has 0 atom stereocenters. The van der Waals surface area contributed by atoms with Crippen molar-refractivity contribution in [2.75, 3.05) is 13.2 Å². The van der Waals surface area contributed by atoms with Gasteiger partial charge in [-0.2, -0.15) is 0 Å². The van der Waals surface area contributed by atoms with Crippen molar-refractivity contribution in [3.05, 3.63) is 53.1 Å². The number of esters is 1. The Hall–Kier alpha value is -2.49. The predicted octanol–water partition coefficient (Wildman–Crippen LogP) is 4.21. The lowest BCUT2D eigenvalue weighted by atomic mass is 9.86. The maximum Gasteiger partial charge on any atom is 0.315 e. The van der Waals surface area contributed by atoms with E-state index in [1.807, 2.05) is 37.3 Å². The number of aryl methyl sites for hydroxylation is 1. The van der Waals surface area contributed by atoms with E-state index >= 15 is 0 Å². The highest BCUT2D eigenvalue weighted by Crippen LogP contribution is 2.31. The maximum absolute atomic E-state index is 12.3.